The van der Waals surface area contributed by atoms with Crippen molar-refractivity contribution in [3.05, 3.63) is 33.9 Å². The molecule has 0 heterocycles. The predicted molar refractivity (Wildman–Crippen MR) is 69.9 cm³/mol. The van der Waals surface area contributed by atoms with E-state index in [0.29, 0.717) is 0 Å². The number of rotatable bonds is 7. The largest absolute Gasteiger partial charge is 0.491 e. The summed E-state index contributed by atoms with van der Waals surface area (Å²) in [5.41, 5.74) is -1.19. The Morgan fingerprint density at radius 1 is 1.45 bits per heavy atom. The molecule has 1 aromatic carbocycles. The molecule has 0 saturated carbocycles. The van der Waals surface area contributed by atoms with Crippen molar-refractivity contribution in [1.29, 1.82) is 0 Å². The van der Waals surface area contributed by atoms with Gasteiger partial charge in [0.25, 0.3) is 5.69 Å². The first-order chi connectivity index (χ1) is 9.28. The fourth-order valence-electron chi connectivity index (χ4n) is 1.43. The van der Waals surface area contributed by atoms with Gasteiger partial charge < -0.3 is 9.84 Å². The molecule has 0 amide bonds. The highest BCUT2D eigenvalue weighted by Gasteiger charge is 2.24. The van der Waals surface area contributed by atoms with Crippen molar-refractivity contribution in [3.63, 3.8) is 0 Å². The molecule has 1 N–H and O–H groups in total. The van der Waals surface area contributed by atoms with Gasteiger partial charge >= 0.3 is 5.97 Å². The normalized spacial score (nSPS) is 11.1. The zero-order valence-electron chi connectivity index (χ0n) is 10.6. The highest BCUT2D eigenvalue weighted by atomic mass is 32.2. The number of aromatic carboxylic acids is 1. The summed E-state index contributed by atoms with van der Waals surface area (Å²) in [6, 6.07) is 3.56. The number of nitrogens with zero attached hydrogens (tertiary/aromatic N) is 1. The highest BCUT2D eigenvalue weighted by molar-refractivity contribution is 7.91. The summed E-state index contributed by atoms with van der Waals surface area (Å²) in [5.74, 6) is -2.08. The number of nitro groups is 1. The average Bonchev–Trinajstić information content (AvgIpc) is 2.37. The van der Waals surface area contributed by atoms with Gasteiger partial charge in [-0.1, -0.05) is 13.0 Å². The van der Waals surface area contributed by atoms with Gasteiger partial charge in [-0.2, -0.15) is 0 Å². The van der Waals surface area contributed by atoms with Gasteiger partial charge in [0.1, 0.15) is 12.4 Å². The maximum Gasteiger partial charge on any atom is 0.346 e. The van der Waals surface area contributed by atoms with E-state index in [1.165, 1.54) is 19.1 Å². The molecule has 0 atom stereocenters. The van der Waals surface area contributed by atoms with Gasteiger partial charge in [0, 0.05) is 11.8 Å². The molecule has 1 rings (SSSR count). The highest BCUT2D eigenvalue weighted by Crippen LogP contribution is 2.28. The van der Waals surface area contributed by atoms with Crippen molar-refractivity contribution in [1.82, 2.24) is 0 Å². The van der Waals surface area contributed by atoms with E-state index in [1.54, 1.807) is 0 Å². The minimum Gasteiger partial charge on any atom is -0.491 e. The number of carboxylic acid groups (broad SMARTS) is 1. The molecule has 0 unspecified atom stereocenters. The second-order valence-electron chi connectivity index (χ2n) is 3.80. The zero-order valence-corrected chi connectivity index (χ0v) is 11.4. The summed E-state index contributed by atoms with van der Waals surface area (Å²) in [7, 11) is -3.26. The summed E-state index contributed by atoms with van der Waals surface area (Å²) < 4.78 is 27.6. The van der Waals surface area contributed by atoms with Crippen LogP contribution in [-0.4, -0.2) is 42.5 Å². The van der Waals surface area contributed by atoms with Crippen molar-refractivity contribution in [3.8, 4) is 5.75 Å². The number of ether oxygens (including phenoxy) is 1. The van der Waals surface area contributed by atoms with Crippen molar-refractivity contribution >= 4 is 21.5 Å². The van der Waals surface area contributed by atoms with E-state index in [1.807, 2.05) is 0 Å². The van der Waals surface area contributed by atoms with Crippen LogP contribution < -0.4 is 4.74 Å². The van der Waals surface area contributed by atoms with Crippen LogP contribution in [0.3, 0.4) is 0 Å². The first-order valence-electron chi connectivity index (χ1n) is 5.62. The molecule has 0 saturated heterocycles. The molecule has 9 heteroatoms. The van der Waals surface area contributed by atoms with E-state index in [0.717, 1.165) is 6.07 Å². The van der Waals surface area contributed by atoms with Gasteiger partial charge in [0.05, 0.1) is 10.7 Å². The molecule has 0 radical (unpaired) electrons. The number of carboxylic acids is 1. The van der Waals surface area contributed by atoms with Crippen LogP contribution in [-0.2, 0) is 9.84 Å². The molecule has 8 nitrogen and oxygen atoms in total. The minimum absolute atomic E-state index is 0.0584. The third-order valence-corrected chi connectivity index (χ3v) is 4.17. The molecule has 0 bridgehead atoms. The van der Waals surface area contributed by atoms with E-state index >= 15 is 0 Å². The molecule has 1 aromatic rings. The lowest BCUT2D eigenvalue weighted by molar-refractivity contribution is -0.385. The lowest BCUT2D eigenvalue weighted by Crippen LogP contribution is -2.16. The summed E-state index contributed by atoms with van der Waals surface area (Å²) in [5, 5.41) is 19.7. The lowest BCUT2D eigenvalue weighted by Gasteiger charge is -2.09. The topological polar surface area (TPSA) is 124 Å². The maximum atomic E-state index is 11.3. The number of sulfone groups is 1. The molecule has 20 heavy (non-hydrogen) atoms. The molecule has 0 aliphatic rings. The number of hydrogen-bond donors (Lipinski definition) is 1. The van der Waals surface area contributed by atoms with Gasteiger partial charge in [-0.3, -0.25) is 10.1 Å². The van der Waals surface area contributed by atoms with Gasteiger partial charge in [-0.05, 0) is 6.07 Å². The zero-order chi connectivity index (χ0) is 15.3. The molecule has 0 aromatic heterocycles. The maximum absolute atomic E-state index is 11.3. The van der Waals surface area contributed by atoms with Crippen molar-refractivity contribution in [2.45, 2.75) is 6.92 Å². The van der Waals surface area contributed by atoms with E-state index in [4.69, 9.17) is 9.84 Å². The van der Waals surface area contributed by atoms with Crippen molar-refractivity contribution in [2.24, 2.45) is 0 Å². The van der Waals surface area contributed by atoms with Gasteiger partial charge in [-0.15, -0.1) is 0 Å². The average molecular weight is 303 g/mol. The monoisotopic (exact) mass is 303 g/mol. The Morgan fingerprint density at radius 3 is 2.60 bits per heavy atom. The molecular weight excluding hydrogens is 290 g/mol. The second-order valence-corrected chi connectivity index (χ2v) is 6.27. The summed E-state index contributed by atoms with van der Waals surface area (Å²) in [6.45, 7) is 1.21. The summed E-state index contributed by atoms with van der Waals surface area (Å²) in [4.78, 5) is 21.0. The molecule has 0 aliphatic carbocycles. The van der Waals surface area contributed by atoms with E-state index < -0.39 is 32.0 Å². The van der Waals surface area contributed by atoms with E-state index in [2.05, 4.69) is 0 Å². The SMILES string of the molecule is CCS(=O)(=O)CCOc1cccc([N+](=O)[O-])c1C(=O)O. The summed E-state index contributed by atoms with van der Waals surface area (Å²) in [6.07, 6.45) is 0. The third-order valence-electron chi connectivity index (χ3n) is 2.51. The van der Waals surface area contributed by atoms with Crippen LogP contribution in [0.15, 0.2) is 18.2 Å². The van der Waals surface area contributed by atoms with Crippen LogP contribution in [0.1, 0.15) is 17.3 Å². The van der Waals surface area contributed by atoms with Crippen molar-refractivity contribution < 1.29 is 28.0 Å². The van der Waals surface area contributed by atoms with Crippen LogP contribution >= 0.6 is 0 Å². The standard InChI is InChI=1S/C11H13NO7S/c1-2-20(17,18)7-6-19-9-5-3-4-8(12(15)16)10(9)11(13)14/h3-5H,2,6-7H2,1H3,(H,13,14). The fourth-order valence-corrected chi connectivity index (χ4v) is 2.06. The number of carbonyl (C=O) groups is 1. The Hall–Kier alpha value is -2.16. The fraction of sp³-hybridized carbons (Fsp3) is 0.364. The van der Waals surface area contributed by atoms with Crippen LogP contribution in [0.2, 0.25) is 0 Å². The first-order valence-corrected chi connectivity index (χ1v) is 7.44. The van der Waals surface area contributed by atoms with Crippen LogP contribution in [0.4, 0.5) is 5.69 Å². The summed E-state index contributed by atoms with van der Waals surface area (Å²) >= 11 is 0. The molecule has 0 spiro atoms. The van der Waals surface area contributed by atoms with Crippen molar-refractivity contribution in [2.75, 3.05) is 18.1 Å². The predicted octanol–water partition coefficient (Wildman–Crippen LogP) is 1.11. The van der Waals surface area contributed by atoms with Gasteiger partial charge in [0.2, 0.25) is 0 Å². The van der Waals surface area contributed by atoms with E-state index in [-0.39, 0.29) is 23.9 Å². The molecule has 0 aliphatic heterocycles. The minimum atomic E-state index is -3.26. The lowest BCUT2D eigenvalue weighted by atomic mass is 10.1. The van der Waals surface area contributed by atoms with Crippen LogP contribution in [0.25, 0.3) is 0 Å². The Bertz CT molecular complexity index is 624. The number of benzene rings is 1. The van der Waals surface area contributed by atoms with Gasteiger partial charge in [-0.25, -0.2) is 13.2 Å². The van der Waals surface area contributed by atoms with Gasteiger partial charge in [0.15, 0.2) is 15.4 Å². The second kappa shape index (κ2) is 6.33. The Labute approximate surface area is 115 Å². The molecule has 110 valence electrons. The first kappa shape index (κ1) is 15.9. The van der Waals surface area contributed by atoms with Crippen LogP contribution in [0.5, 0.6) is 5.75 Å². The smallest absolute Gasteiger partial charge is 0.346 e. The Morgan fingerprint density at radius 2 is 2.10 bits per heavy atom. The Kier molecular flexibility index (Phi) is 5.03. The third kappa shape index (κ3) is 3.92. The Balaban J connectivity index is 2.99. The number of nitro benzene ring substituents is 1. The van der Waals surface area contributed by atoms with Crippen LogP contribution in [0, 0.1) is 10.1 Å². The quantitative estimate of drug-likeness (QED) is 0.590. The molecule has 0 fully saturated rings. The number of hydrogen-bond acceptors (Lipinski definition) is 6. The van der Waals surface area contributed by atoms with E-state index in [9.17, 15) is 23.3 Å². The molecular formula is C11H13NO7S.